The van der Waals surface area contributed by atoms with Crippen molar-refractivity contribution in [3.8, 4) is 17.6 Å². The predicted molar refractivity (Wildman–Crippen MR) is 140 cm³/mol. The van der Waals surface area contributed by atoms with Crippen molar-refractivity contribution in [3.05, 3.63) is 90.1 Å². The molecule has 0 unspecified atom stereocenters. The number of ether oxygens (including phenoxy) is 3. The first-order valence-electron chi connectivity index (χ1n) is 11.7. The van der Waals surface area contributed by atoms with Gasteiger partial charge in [0.05, 0.1) is 36.1 Å². The van der Waals surface area contributed by atoms with Gasteiger partial charge in [-0.1, -0.05) is 55.5 Å². The Morgan fingerprint density at radius 3 is 2.54 bits per heavy atom. The fourth-order valence-corrected chi connectivity index (χ4v) is 5.27. The topological polar surface area (TPSA) is 103 Å². The van der Waals surface area contributed by atoms with Crippen molar-refractivity contribution in [2.75, 3.05) is 20.8 Å². The Labute approximate surface area is 218 Å². The largest absolute Gasteiger partial charge is 0.493 e. The molecular formula is C28H27N3O5S. The lowest BCUT2D eigenvalue weighted by Gasteiger charge is -2.24. The van der Waals surface area contributed by atoms with Crippen molar-refractivity contribution < 1.29 is 19.0 Å². The molecule has 0 radical (unpaired) electrons. The SMILES string of the molecule is COC(=O)C1=C(C)N=c2s/c(=C/c3ccc(OCC#N)c(OC)c3)c(=O)n2[C@@H]1c1ccc(C(C)C)cc1. The van der Waals surface area contributed by atoms with Crippen LogP contribution in [0.5, 0.6) is 11.5 Å². The maximum atomic E-state index is 13.7. The number of allylic oxidation sites excluding steroid dienone is 1. The first-order chi connectivity index (χ1) is 17.8. The van der Waals surface area contributed by atoms with E-state index in [2.05, 4.69) is 18.8 Å². The fourth-order valence-electron chi connectivity index (χ4n) is 4.23. The van der Waals surface area contributed by atoms with E-state index in [1.165, 1.54) is 25.6 Å². The molecule has 3 aromatic rings. The Morgan fingerprint density at radius 2 is 1.92 bits per heavy atom. The third-order valence-electron chi connectivity index (χ3n) is 6.12. The summed E-state index contributed by atoms with van der Waals surface area (Å²) in [5.74, 6) is 0.711. The number of carbonyl (C=O) groups is 1. The highest BCUT2D eigenvalue weighted by molar-refractivity contribution is 7.07. The minimum Gasteiger partial charge on any atom is -0.493 e. The van der Waals surface area contributed by atoms with Crippen LogP contribution in [0, 0.1) is 11.3 Å². The summed E-state index contributed by atoms with van der Waals surface area (Å²) in [6, 6.07) is 14.4. The van der Waals surface area contributed by atoms with Gasteiger partial charge >= 0.3 is 5.97 Å². The monoisotopic (exact) mass is 517 g/mol. The van der Waals surface area contributed by atoms with Crippen molar-refractivity contribution in [1.82, 2.24) is 4.57 Å². The lowest BCUT2D eigenvalue weighted by Crippen LogP contribution is -2.39. The predicted octanol–water partition coefficient (Wildman–Crippen LogP) is 3.44. The van der Waals surface area contributed by atoms with Gasteiger partial charge in [-0.2, -0.15) is 5.26 Å². The molecule has 1 aliphatic rings. The number of hydrogen-bond donors (Lipinski definition) is 0. The lowest BCUT2D eigenvalue weighted by atomic mass is 9.93. The highest BCUT2D eigenvalue weighted by Crippen LogP contribution is 2.32. The number of methoxy groups -OCH3 is 2. The minimum absolute atomic E-state index is 0.103. The molecule has 1 aromatic heterocycles. The number of nitriles is 1. The van der Waals surface area contributed by atoms with Crippen LogP contribution in [0.2, 0.25) is 0 Å². The average molecular weight is 518 g/mol. The number of fused-ring (bicyclic) bond motifs is 1. The highest BCUT2D eigenvalue weighted by Gasteiger charge is 2.33. The van der Waals surface area contributed by atoms with Crippen LogP contribution < -0.4 is 24.4 Å². The maximum Gasteiger partial charge on any atom is 0.338 e. The van der Waals surface area contributed by atoms with Crippen molar-refractivity contribution in [1.29, 1.82) is 5.26 Å². The van der Waals surface area contributed by atoms with Gasteiger partial charge in [0.15, 0.2) is 22.9 Å². The van der Waals surface area contributed by atoms with Crippen LogP contribution in [0.3, 0.4) is 0 Å². The summed E-state index contributed by atoms with van der Waals surface area (Å²) >= 11 is 1.25. The number of benzene rings is 2. The van der Waals surface area contributed by atoms with E-state index in [1.807, 2.05) is 30.3 Å². The van der Waals surface area contributed by atoms with E-state index in [1.54, 1.807) is 35.8 Å². The molecule has 0 N–H and O–H groups in total. The Kier molecular flexibility index (Phi) is 7.60. The molecule has 190 valence electrons. The molecule has 1 atom stereocenters. The number of aromatic nitrogens is 1. The summed E-state index contributed by atoms with van der Waals surface area (Å²) in [6.45, 7) is 5.87. The standard InChI is InChI=1S/C28H27N3O5S/c1-16(2)19-7-9-20(10-8-19)25-24(27(33)35-5)17(3)30-28-31(25)26(32)23(37-28)15-18-6-11-21(36-13-12-29)22(14-18)34-4/h6-11,14-16,25H,13H2,1-5H3/b23-15+/t25-/m1/s1. The molecule has 37 heavy (non-hydrogen) atoms. The first kappa shape index (κ1) is 25.9. The van der Waals surface area contributed by atoms with E-state index in [4.69, 9.17) is 19.5 Å². The Morgan fingerprint density at radius 1 is 1.19 bits per heavy atom. The quantitative estimate of drug-likeness (QED) is 0.445. The number of rotatable bonds is 7. The van der Waals surface area contributed by atoms with Crippen LogP contribution in [0.15, 0.2) is 63.5 Å². The van der Waals surface area contributed by atoms with Crippen molar-refractivity contribution in [3.63, 3.8) is 0 Å². The Balaban J connectivity index is 1.87. The van der Waals surface area contributed by atoms with E-state index < -0.39 is 12.0 Å². The molecule has 2 heterocycles. The molecule has 8 nitrogen and oxygen atoms in total. The third-order valence-corrected chi connectivity index (χ3v) is 7.11. The second-order valence-electron chi connectivity index (χ2n) is 8.75. The second-order valence-corrected chi connectivity index (χ2v) is 9.76. The van der Waals surface area contributed by atoms with E-state index >= 15 is 0 Å². The molecule has 0 aliphatic carbocycles. The number of nitrogens with zero attached hydrogens (tertiary/aromatic N) is 3. The molecule has 0 spiro atoms. The second kappa shape index (κ2) is 10.8. The first-order valence-corrected chi connectivity index (χ1v) is 12.5. The third kappa shape index (κ3) is 5.06. The molecule has 0 amide bonds. The maximum absolute atomic E-state index is 13.7. The molecule has 0 fully saturated rings. The number of carbonyl (C=O) groups excluding carboxylic acids is 1. The molecule has 1 aliphatic heterocycles. The van der Waals surface area contributed by atoms with Crippen LogP contribution in [0.4, 0.5) is 0 Å². The van der Waals surface area contributed by atoms with Crippen molar-refractivity contribution >= 4 is 23.4 Å². The Hall–Kier alpha value is -4.16. The Bertz CT molecular complexity index is 1590. The van der Waals surface area contributed by atoms with Gasteiger partial charge in [-0.3, -0.25) is 9.36 Å². The average Bonchev–Trinajstić information content (AvgIpc) is 3.20. The highest BCUT2D eigenvalue weighted by atomic mass is 32.1. The summed E-state index contributed by atoms with van der Waals surface area (Å²) in [6.07, 6.45) is 1.75. The van der Waals surface area contributed by atoms with E-state index in [0.717, 1.165) is 11.1 Å². The van der Waals surface area contributed by atoms with Gasteiger partial charge < -0.3 is 14.2 Å². The molecule has 0 saturated carbocycles. The fraction of sp³-hybridized carbons (Fsp3) is 0.286. The van der Waals surface area contributed by atoms with E-state index in [-0.39, 0.29) is 12.2 Å². The van der Waals surface area contributed by atoms with Crippen LogP contribution in [0.25, 0.3) is 6.08 Å². The number of hydrogen-bond acceptors (Lipinski definition) is 8. The van der Waals surface area contributed by atoms with Gasteiger partial charge in [-0.25, -0.2) is 9.79 Å². The summed E-state index contributed by atoms with van der Waals surface area (Å²) in [7, 11) is 2.83. The zero-order valence-electron chi connectivity index (χ0n) is 21.3. The van der Waals surface area contributed by atoms with Crippen molar-refractivity contribution in [2.24, 2.45) is 4.99 Å². The van der Waals surface area contributed by atoms with Crippen LogP contribution in [-0.2, 0) is 9.53 Å². The molecular weight excluding hydrogens is 490 g/mol. The van der Waals surface area contributed by atoms with Gasteiger partial charge in [-0.05, 0) is 47.7 Å². The number of esters is 1. The zero-order valence-corrected chi connectivity index (χ0v) is 22.1. The minimum atomic E-state index is -0.664. The van der Waals surface area contributed by atoms with Gasteiger partial charge in [0.25, 0.3) is 5.56 Å². The summed E-state index contributed by atoms with van der Waals surface area (Å²) < 4.78 is 17.9. The van der Waals surface area contributed by atoms with Crippen LogP contribution >= 0.6 is 11.3 Å². The zero-order chi connectivity index (χ0) is 26.7. The normalized spacial score (nSPS) is 15.2. The molecule has 0 bridgehead atoms. The summed E-state index contributed by atoms with van der Waals surface area (Å²) in [4.78, 5) is 31.6. The van der Waals surface area contributed by atoms with Gasteiger partial charge in [0.2, 0.25) is 0 Å². The summed E-state index contributed by atoms with van der Waals surface area (Å²) in [5, 5.41) is 8.78. The van der Waals surface area contributed by atoms with E-state index in [9.17, 15) is 9.59 Å². The van der Waals surface area contributed by atoms with Gasteiger partial charge in [0, 0.05) is 0 Å². The molecule has 4 rings (SSSR count). The number of thiazole rings is 1. The lowest BCUT2D eigenvalue weighted by molar-refractivity contribution is -0.136. The van der Waals surface area contributed by atoms with Gasteiger partial charge in [-0.15, -0.1) is 0 Å². The van der Waals surface area contributed by atoms with Crippen molar-refractivity contribution in [2.45, 2.75) is 32.7 Å². The summed E-state index contributed by atoms with van der Waals surface area (Å²) in [5.41, 5.74) is 3.25. The molecule has 9 heteroatoms. The van der Waals surface area contributed by atoms with Crippen LogP contribution in [-0.4, -0.2) is 31.4 Å². The molecule has 2 aromatic carbocycles. The van der Waals surface area contributed by atoms with E-state index in [0.29, 0.717) is 43.6 Å². The molecule has 0 saturated heterocycles. The van der Waals surface area contributed by atoms with Gasteiger partial charge in [0.1, 0.15) is 6.07 Å². The van der Waals surface area contributed by atoms with Crippen LogP contribution in [0.1, 0.15) is 49.4 Å². The smallest absolute Gasteiger partial charge is 0.338 e.